The molecule has 0 aliphatic carbocycles. The van der Waals surface area contributed by atoms with Gasteiger partial charge in [-0.3, -0.25) is 0 Å². The first-order valence-electron chi connectivity index (χ1n) is 9.60. The van der Waals surface area contributed by atoms with E-state index < -0.39 is 0 Å². The molecule has 0 saturated carbocycles. The topological polar surface area (TPSA) is 36.9 Å². The van der Waals surface area contributed by atoms with Gasteiger partial charge in [0.15, 0.2) is 0 Å². The second-order valence-corrected chi connectivity index (χ2v) is 9.83. The Kier molecular flexibility index (Phi) is 6.34. The van der Waals surface area contributed by atoms with Crippen LogP contribution < -0.4 is 0 Å². The number of hydrogen-bond acceptors (Lipinski definition) is 4. The van der Waals surface area contributed by atoms with Crippen LogP contribution in [0.1, 0.15) is 81.1 Å². The average Bonchev–Trinajstić information content (AvgIpc) is 2.78. The largest absolute Gasteiger partial charge is 0.458 e. The molecule has 0 amide bonds. The molecule has 0 aromatic rings. The van der Waals surface area contributed by atoms with Crippen molar-refractivity contribution in [3.63, 3.8) is 0 Å². The highest BCUT2D eigenvalue weighted by Crippen LogP contribution is 2.46. The van der Waals surface area contributed by atoms with E-state index in [1.807, 2.05) is 0 Å². The smallest absolute Gasteiger partial charge is 0.403 e. The van der Waals surface area contributed by atoms with Crippen molar-refractivity contribution >= 4 is 25.8 Å². The quantitative estimate of drug-likeness (QED) is 0.363. The molecule has 0 aromatic heterocycles. The van der Waals surface area contributed by atoms with Crippen molar-refractivity contribution in [2.45, 2.75) is 109 Å². The Bertz CT molecular complexity index is 400. The lowest BCUT2D eigenvalue weighted by Crippen LogP contribution is -2.41. The van der Waals surface area contributed by atoms with Crippen LogP contribution in [0.5, 0.6) is 0 Å². The van der Waals surface area contributed by atoms with Crippen LogP contribution in [0.15, 0.2) is 0 Å². The van der Waals surface area contributed by atoms with Gasteiger partial charge >= 0.3 is 14.2 Å². The Hall–Kier alpha value is 0.260. The van der Waals surface area contributed by atoms with E-state index in [9.17, 15) is 0 Å². The SMILES string of the molecule is CC1(C)OB(C(CCCCCCl)B2OC(C)(C)C(C)(C)O2)OC1(C)C. The van der Waals surface area contributed by atoms with Gasteiger partial charge in [-0.25, -0.2) is 0 Å². The maximum atomic E-state index is 6.32. The van der Waals surface area contributed by atoms with E-state index >= 15 is 0 Å². The van der Waals surface area contributed by atoms with Crippen LogP contribution in [0.3, 0.4) is 0 Å². The Balaban J connectivity index is 2.15. The first kappa shape index (κ1) is 21.6. The van der Waals surface area contributed by atoms with Gasteiger partial charge in [-0.05, 0) is 61.8 Å². The van der Waals surface area contributed by atoms with E-state index in [-0.39, 0.29) is 42.4 Å². The van der Waals surface area contributed by atoms with Crippen molar-refractivity contribution in [2.24, 2.45) is 0 Å². The number of hydrogen-bond donors (Lipinski definition) is 0. The minimum absolute atomic E-state index is 0.0393. The van der Waals surface area contributed by atoms with Crippen LogP contribution in [0, 0.1) is 0 Å². The molecular weight excluding hydrogens is 337 g/mol. The molecule has 25 heavy (non-hydrogen) atoms. The van der Waals surface area contributed by atoms with Crippen LogP contribution in [0.4, 0.5) is 0 Å². The second kappa shape index (κ2) is 7.35. The van der Waals surface area contributed by atoms with E-state index in [0.29, 0.717) is 5.88 Å². The van der Waals surface area contributed by atoms with E-state index in [0.717, 1.165) is 25.7 Å². The van der Waals surface area contributed by atoms with Crippen LogP contribution >= 0.6 is 11.6 Å². The van der Waals surface area contributed by atoms with Crippen LogP contribution in [-0.2, 0) is 18.6 Å². The van der Waals surface area contributed by atoms with Crippen molar-refractivity contribution in [3.05, 3.63) is 0 Å². The van der Waals surface area contributed by atoms with Crippen LogP contribution in [0.2, 0.25) is 5.72 Å². The van der Waals surface area contributed by atoms with Gasteiger partial charge in [0.25, 0.3) is 0 Å². The lowest BCUT2D eigenvalue weighted by molar-refractivity contribution is 0.00578. The number of rotatable bonds is 7. The molecule has 0 spiro atoms. The molecule has 7 heteroatoms. The Morgan fingerprint density at radius 3 is 1.32 bits per heavy atom. The molecule has 0 radical (unpaired) electrons. The number of alkyl halides is 1. The van der Waals surface area contributed by atoms with Crippen LogP contribution in [-0.4, -0.2) is 42.5 Å². The van der Waals surface area contributed by atoms with Crippen molar-refractivity contribution in [1.29, 1.82) is 0 Å². The second-order valence-electron chi connectivity index (χ2n) is 9.45. The highest BCUT2D eigenvalue weighted by atomic mass is 35.5. The normalized spacial score (nSPS) is 26.6. The summed E-state index contributed by atoms with van der Waals surface area (Å²) in [6.45, 7) is 16.7. The highest BCUT2D eigenvalue weighted by Gasteiger charge is 2.61. The molecule has 2 rings (SSSR count). The highest BCUT2D eigenvalue weighted by molar-refractivity contribution is 6.68. The first-order chi connectivity index (χ1) is 11.3. The summed E-state index contributed by atoms with van der Waals surface area (Å²) in [5.74, 6) is 0.706. The molecule has 2 fully saturated rings. The summed E-state index contributed by atoms with van der Waals surface area (Å²) in [7, 11) is -0.647. The molecular formula is C18H35B2ClO4. The maximum Gasteiger partial charge on any atom is 0.458 e. The third kappa shape index (κ3) is 4.40. The first-order valence-corrected chi connectivity index (χ1v) is 10.1. The predicted octanol–water partition coefficient (Wildman–Crippen LogP) is 4.88. The van der Waals surface area contributed by atoms with Crippen molar-refractivity contribution in [1.82, 2.24) is 0 Å². The standard InChI is InChI=1S/C18H35B2ClO4/c1-15(2)16(3,4)23-19(22-15)14(12-10-9-11-13-21)20-24-17(5,6)18(7,8)25-20/h14H,9-13H2,1-8H3. The average molecular weight is 373 g/mol. The van der Waals surface area contributed by atoms with Gasteiger partial charge < -0.3 is 18.6 Å². The molecule has 0 atom stereocenters. The summed E-state index contributed by atoms with van der Waals surface area (Å²) >= 11 is 5.82. The fraction of sp³-hybridized carbons (Fsp3) is 1.00. The third-order valence-corrected chi connectivity index (χ3v) is 6.68. The third-order valence-electron chi connectivity index (χ3n) is 6.41. The Morgan fingerprint density at radius 2 is 1.00 bits per heavy atom. The molecule has 0 N–H and O–H groups in total. The van der Waals surface area contributed by atoms with Gasteiger partial charge in [-0.15, -0.1) is 11.6 Å². The fourth-order valence-corrected chi connectivity index (χ4v) is 3.37. The fourth-order valence-electron chi connectivity index (χ4n) is 3.18. The van der Waals surface area contributed by atoms with E-state index in [2.05, 4.69) is 55.4 Å². The van der Waals surface area contributed by atoms with Gasteiger partial charge in [-0.2, -0.15) is 0 Å². The maximum absolute atomic E-state index is 6.32. The molecule has 4 nitrogen and oxygen atoms in total. The zero-order chi connectivity index (χ0) is 19.1. The van der Waals surface area contributed by atoms with Gasteiger partial charge in [-0.1, -0.05) is 19.3 Å². The molecule has 2 aliphatic heterocycles. The van der Waals surface area contributed by atoms with E-state index in [1.165, 1.54) is 0 Å². The minimum Gasteiger partial charge on any atom is -0.403 e. The monoisotopic (exact) mass is 372 g/mol. The zero-order valence-electron chi connectivity index (χ0n) is 17.3. The molecule has 0 bridgehead atoms. The van der Waals surface area contributed by atoms with Crippen molar-refractivity contribution < 1.29 is 18.6 Å². The Morgan fingerprint density at radius 1 is 0.640 bits per heavy atom. The lowest BCUT2D eigenvalue weighted by Gasteiger charge is -2.32. The Labute approximate surface area is 159 Å². The number of halogens is 1. The van der Waals surface area contributed by atoms with Crippen LogP contribution in [0.25, 0.3) is 0 Å². The van der Waals surface area contributed by atoms with E-state index in [1.54, 1.807) is 0 Å². The van der Waals surface area contributed by atoms with Gasteiger partial charge in [0.1, 0.15) is 0 Å². The molecule has 0 aromatic carbocycles. The molecule has 144 valence electrons. The summed E-state index contributed by atoms with van der Waals surface area (Å²) in [6.07, 6.45) is 4.12. The molecule has 2 saturated heterocycles. The molecule has 2 aliphatic rings. The molecule has 2 heterocycles. The van der Waals surface area contributed by atoms with E-state index in [4.69, 9.17) is 30.2 Å². The van der Waals surface area contributed by atoms with Gasteiger partial charge in [0.05, 0.1) is 22.4 Å². The summed E-state index contributed by atoms with van der Waals surface area (Å²) in [5, 5.41) is 0. The number of unbranched alkanes of at least 4 members (excludes halogenated alkanes) is 2. The zero-order valence-corrected chi connectivity index (χ0v) is 18.0. The van der Waals surface area contributed by atoms with Gasteiger partial charge in [0, 0.05) is 11.6 Å². The molecule has 0 unspecified atom stereocenters. The summed E-state index contributed by atoms with van der Waals surface area (Å²) in [4.78, 5) is 0. The summed E-state index contributed by atoms with van der Waals surface area (Å²) in [5.41, 5.74) is -1.37. The predicted molar refractivity (Wildman–Crippen MR) is 105 cm³/mol. The van der Waals surface area contributed by atoms with Crippen molar-refractivity contribution in [3.8, 4) is 0 Å². The van der Waals surface area contributed by atoms with Gasteiger partial charge in [0.2, 0.25) is 0 Å². The summed E-state index contributed by atoms with van der Waals surface area (Å²) < 4.78 is 25.3. The van der Waals surface area contributed by atoms with Crippen molar-refractivity contribution in [2.75, 3.05) is 5.88 Å². The minimum atomic E-state index is -0.351. The lowest BCUT2D eigenvalue weighted by atomic mass is 9.50. The summed E-state index contributed by atoms with van der Waals surface area (Å²) in [6, 6.07) is 0.